The van der Waals surface area contributed by atoms with E-state index in [4.69, 9.17) is 0 Å². The van der Waals surface area contributed by atoms with Crippen molar-refractivity contribution in [2.75, 3.05) is 25.0 Å². The van der Waals surface area contributed by atoms with E-state index < -0.39 is 0 Å². The van der Waals surface area contributed by atoms with E-state index >= 15 is 0 Å². The third kappa shape index (κ3) is 3.80. The van der Waals surface area contributed by atoms with Crippen LogP contribution in [-0.2, 0) is 6.54 Å². The van der Waals surface area contributed by atoms with E-state index in [1.807, 2.05) is 13.8 Å². The number of nitrogens with one attached hydrogen (secondary N) is 3. The van der Waals surface area contributed by atoms with E-state index in [-0.39, 0.29) is 11.7 Å². The molecule has 8 nitrogen and oxygen atoms in total. The Hall–Kier alpha value is -2.48. The van der Waals surface area contributed by atoms with Crippen LogP contribution in [0, 0.1) is 13.8 Å². The summed E-state index contributed by atoms with van der Waals surface area (Å²) in [6.07, 6.45) is 3.58. The molecule has 1 amide bonds. The number of nitrogens with zero attached hydrogens (tertiary/aromatic N) is 4. The van der Waals surface area contributed by atoms with Crippen LogP contribution in [0.1, 0.15) is 58.4 Å². The highest BCUT2D eigenvalue weighted by molar-refractivity contribution is 5.90. The van der Waals surface area contributed by atoms with Crippen molar-refractivity contribution in [1.29, 1.82) is 0 Å². The van der Waals surface area contributed by atoms with Gasteiger partial charge in [-0.25, -0.2) is 9.97 Å². The number of anilines is 1. The summed E-state index contributed by atoms with van der Waals surface area (Å²) >= 11 is 0. The van der Waals surface area contributed by atoms with Gasteiger partial charge in [-0.2, -0.15) is 5.10 Å². The third-order valence-electron chi connectivity index (χ3n) is 5.51. The van der Waals surface area contributed by atoms with Gasteiger partial charge in [0.25, 0.3) is 5.91 Å². The zero-order valence-corrected chi connectivity index (χ0v) is 16.2. The summed E-state index contributed by atoms with van der Waals surface area (Å²) in [6, 6.07) is 2.57. The van der Waals surface area contributed by atoms with Crippen molar-refractivity contribution in [2.24, 2.45) is 0 Å². The van der Waals surface area contributed by atoms with E-state index in [9.17, 15) is 4.79 Å². The average Bonchev–Trinajstić information content (AvgIpc) is 3.23. The summed E-state index contributed by atoms with van der Waals surface area (Å²) in [5.74, 6) is 1.52. The molecule has 4 rings (SSSR count). The quantitative estimate of drug-likeness (QED) is 0.712. The first kappa shape index (κ1) is 17.9. The minimum Gasteiger partial charge on any atom is -0.355 e. The molecule has 0 radical (unpaired) electrons. The third-order valence-corrected chi connectivity index (χ3v) is 5.51. The van der Waals surface area contributed by atoms with Gasteiger partial charge < -0.3 is 15.5 Å². The van der Waals surface area contributed by atoms with Gasteiger partial charge in [0.1, 0.15) is 5.82 Å². The minimum absolute atomic E-state index is 0.233. The van der Waals surface area contributed by atoms with Crippen molar-refractivity contribution in [3.05, 3.63) is 34.5 Å². The van der Waals surface area contributed by atoms with Gasteiger partial charge >= 0.3 is 0 Å². The molecule has 1 saturated carbocycles. The monoisotopic (exact) mass is 369 g/mol. The second-order valence-electron chi connectivity index (χ2n) is 7.57. The molecule has 1 aliphatic heterocycles. The number of aromatic nitrogens is 4. The van der Waals surface area contributed by atoms with Gasteiger partial charge in [0.05, 0.1) is 5.69 Å². The summed E-state index contributed by atoms with van der Waals surface area (Å²) < 4.78 is 0. The average molecular weight is 369 g/mol. The Morgan fingerprint density at radius 1 is 1.30 bits per heavy atom. The number of aromatic amines is 1. The summed E-state index contributed by atoms with van der Waals surface area (Å²) in [6.45, 7) is 6.52. The Morgan fingerprint density at radius 3 is 2.85 bits per heavy atom. The maximum atomic E-state index is 11.9. The number of rotatable bonds is 6. The van der Waals surface area contributed by atoms with Gasteiger partial charge in [0.15, 0.2) is 0 Å². The molecule has 27 heavy (non-hydrogen) atoms. The van der Waals surface area contributed by atoms with Crippen molar-refractivity contribution >= 4 is 11.7 Å². The smallest absolute Gasteiger partial charge is 0.288 e. The highest BCUT2D eigenvalue weighted by atomic mass is 16.2. The lowest BCUT2D eigenvalue weighted by molar-refractivity contribution is 0.0952. The van der Waals surface area contributed by atoms with Crippen molar-refractivity contribution in [2.45, 2.75) is 51.6 Å². The molecule has 8 heteroatoms. The highest BCUT2D eigenvalue weighted by Gasteiger charge is 2.28. The van der Waals surface area contributed by atoms with Crippen LogP contribution in [0.3, 0.4) is 0 Å². The Bertz CT molecular complexity index is 843. The molecule has 3 N–H and O–H groups in total. The van der Waals surface area contributed by atoms with Crippen LogP contribution >= 0.6 is 0 Å². The number of hydrogen-bond acceptors (Lipinski definition) is 6. The maximum absolute atomic E-state index is 11.9. The molecule has 0 bridgehead atoms. The van der Waals surface area contributed by atoms with E-state index in [1.165, 1.54) is 18.5 Å². The SMILES string of the molecule is CNC(=O)c1nc(C)c(C)c(N2CC[C@@H](NCc3cc(C4CC4)n[nH]3)C2)n1. The lowest BCUT2D eigenvalue weighted by Crippen LogP contribution is -2.33. The van der Waals surface area contributed by atoms with Crippen LogP contribution < -0.4 is 15.5 Å². The Labute approximate surface area is 159 Å². The Balaban J connectivity index is 1.39. The van der Waals surface area contributed by atoms with Crippen molar-refractivity contribution in [1.82, 2.24) is 30.8 Å². The predicted octanol–water partition coefficient (Wildman–Crippen LogP) is 1.42. The molecule has 2 aromatic heterocycles. The summed E-state index contributed by atoms with van der Waals surface area (Å²) in [4.78, 5) is 23.0. The predicted molar refractivity (Wildman–Crippen MR) is 103 cm³/mol. The molecule has 0 spiro atoms. The molecule has 0 aromatic carbocycles. The fourth-order valence-corrected chi connectivity index (χ4v) is 3.57. The first-order valence-corrected chi connectivity index (χ1v) is 9.65. The zero-order chi connectivity index (χ0) is 19.0. The molecule has 2 aromatic rings. The minimum atomic E-state index is -0.251. The Morgan fingerprint density at radius 2 is 2.11 bits per heavy atom. The largest absolute Gasteiger partial charge is 0.355 e. The van der Waals surface area contributed by atoms with E-state index in [0.29, 0.717) is 12.0 Å². The first-order valence-electron chi connectivity index (χ1n) is 9.65. The molecule has 2 aliphatic rings. The van der Waals surface area contributed by atoms with Crippen LogP contribution in [0.15, 0.2) is 6.07 Å². The van der Waals surface area contributed by atoms with Gasteiger partial charge in [0, 0.05) is 55.6 Å². The van der Waals surface area contributed by atoms with Crippen LogP contribution in [-0.4, -0.2) is 52.3 Å². The van der Waals surface area contributed by atoms with Crippen LogP contribution in [0.25, 0.3) is 0 Å². The van der Waals surface area contributed by atoms with E-state index in [1.54, 1.807) is 7.05 Å². The number of H-pyrrole nitrogens is 1. The number of aryl methyl sites for hydroxylation is 1. The van der Waals surface area contributed by atoms with Crippen LogP contribution in [0.2, 0.25) is 0 Å². The molecule has 144 valence electrons. The van der Waals surface area contributed by atoms with Gasteiger partial charge in [-0.05, 0) is 39.2 Å². The van der Waals surface area contributed by atoms with Gasteiger partial charge in [-0.3, -0.25) is 9.89 Å². The molecule has 2 fully saturated rings. The van der Waals surface area contributed by atoms with Crippen molar-refractivity contribution < 1.29 is 4.79 Å². The molecule has 1 atom stereocenters. The van der Waals surface area contributed by atoms with Crippen LogP contribution in [0.5, 0.6) is 0 Å². The van der Waals surface area contributed by atoms with Crippen LogP contribution in [0.4, 0.5) is 5.82 Å². The van der Waals surface area contributed by atoms with Crippen molar-refractivity contribution in [3.63, 3.8) is 0 Å². The number of hydrogen-bond donors (Lipinski definition) is 3. The molecule has 0 unspecified atom stereocenters. The number of carbonyl (C=O) groups is 1. The van der Waals surface area contributed by atoms with Gasteiger partial charge in [0.2, 0.25) is 5.82 Å². The summed E-state index contributed by atoms with van der Waals surface area (Å²) in [5, 5.41) is 13.8. The second-order valence-corrected chi connectivity index (χ2v) is 7.57. The molecule has 1 aliphatic carbocycles. The maximum Gasteiger partial charge on any atom is 0.288 e. The summed E-state index contributed by atoms with van der Waals surface area (Å²) in [7, 11) is 1.60. The normalized spacial score (nSPS) is 19.5. The Kier molecular flexibility index (Phi) is 4.82. The molecule has 3 heterocycles. The van der Waals surface area contributed by atoms with E-state index in [2.05, 4.69) is 41.8 Å². The molecular weight excluding hydrogens is 342 g/mol. The number of carbonyl (C=O) groups excluding carboxylic acids is 1. The summed E-state index contributed by atoms with van der Waals surface area (Å²) in [5.41, 5.74) is 4.23. The lowest BCUT2D eigenvalue weighted by atomic mass is 10.2. The fraction of sp³-hybridized carbons (Fsp3) is 0.579. The first-order chi connectivity index (χ1) is 13.0. The molecular formula is C19H27N7O. The second kappa shape index (κ2) is 7.26. The number of amides is 1. The standard InChI is InChI=1S/C19H27N7O/c1-11-12(2)22-17(19(27)20-3)23-18(11)26-7-6-14(10-26)21-9-15-8-16(25-24-15)13-4-5-13/h8,13-14,21H,4-7,9-10H2,1-3H3,(H,20,27)(H,24,25)/t14-/m1/s1. The fourth-order valence-electron chi connectivity index (χ4n) is 3.57. The molecule has 1 saturated heterocycles. The highest BCUT2D eigenvalue weighted by Crippen LogP contribution is 2.39. The van der Waals surface area contributed by atoms with Gasteiger partial charge in [-0.15, -0.1) is 0 Å². The van der Waals surface area contributed by atoms with Gasteiger partial charge in [-0.1, -0.05) is 0 Å². The van der Waals surface area contributed by atoms with E-state index in [0.717, 1.165) is 48.8 Å². The van der Waals surface area contributed by atoms with Crippen molar-refractivity contribution in [3.8, 4) is 0 Å². The lowest BCUT2D eigenvalue weighted by Gasteiger charge is -2.21. The zero-order valence-electron chi connectivity index (χ0n) is 16.2. The topological polar surface area (TPSA) is 98.8 Å².